The van der Waals surface area contributed by atoms with Gasteiger partial charge >= 0.3 is 0 Å². The van der Waals surface area contributed by atoms with Crippen molar-refractivity contribution in [3.8, 4) is 0 Å². The largest absolute Gasteiger partial charge is 0.514 e. The Morgan fingerprint density at radius 2 is 1.56 bits per heavy atom. The van der Waals surface area contributed by atoms with Crippen LogP contribution >= 0.6 is 0 Å². The molecule has 0 amide bonds. The molecule has 1 aliphatic carbocycles. The molecule has 2 aliphatic rings. The normalized spacial score (nSPS) is 17.9. The van der Waals surface area contributed by atoms with Crippen molar-refractivity contribution in [2.45, 2.75) is 47.5 Å². The number of aliphatic hydroxyl groups is 1. The van der Waals surface area contributed by atoms with Crippen molar-refractivity contribution >= 4 is 5.71 Å². The van der Waals surface area contributed by atoms with Gasteiger partial charge in [-0.05, 0) is 37.0 Å². The van der Waals surface area contributed by atoms with Crippen LogP contribution in [0.3, 0.4) is 0 Å². The average molecular weight is 489 g/mol. The molecule has 1 atom stereocenters. The fourth-order valence-corrected chi connectivity index (χ4v) is 4.65. The Hall–Kier alpha value is -1.51. The summed E-state index contributed by atoms with van der Waals surface area (Å²) in [4.78, 5) is 0. The van der Waals surface area contributed by atoms with Crippen molar-refractivity contribution in [2.24, 2.45) is 5.41 Å². The molecule has 174 valence electrons. The fraction of sp³-hybridized carbons (Fsp3) is 0.429. The molecule has 3 rings (SSSR count). The first-order chi connectivity index (χ1) is 13.9. The van der Waals surface area contributed by atoms with E-state index in [9.17, 15) is 5.11 Å². The SMILES string of the molecule is CCC(Cc1ccccc1)(C(O)=C1C(C)=CC(=[N+]2CCOCC2)C=C1C)[C-](C)C.[CH3-].[CH3-].[Zn]. The molecule has 0 spiro atoms. The van der Waals surface area contributed by atoms with Crippen molar-refractivity contribution in [2.75, 3.05) is 26.3 Å². The topological polar surface area (TPSA) is 32.5 Å². The number of rotatable bonds is 5. The van der Waals surface area contributed by atoms with Crippen LogP contribution in [0.5, 0.6) is 0 Å². The molecule has 1 saturated heterocycles. The Bertz CT molecular complexity index is 833. The van der Waals surface area contributed by atoms with Crippen LogP contribution in [0.4, 0.5) is 0 Å². The molecular weight excluding hydrogens is 448 g/mol. The second kappa shape index (κ2) is 13.3. The minimum atomic E-state index is -0.364. The number of benzene rings is 1. The molecule has 1 unspecified atom stereocenters. The van der Waals surface area contributed by atoms with Crippen LogP contribution in [-0.2, 0) is 30.6 Å². The fourth-order valence-electron chi connectivity index (χ4n) is 4.65. The summed E-state index contributed by atoms with van der Waals surface area (Å²) in [7, 11) is 0. The summed E-state index contributed by atoms with van der Waals surface area (Å²) >= 11 is 0. The van der Waals surface area contributed by atoms with Gasteiger partial charge in [0.25, 0.3) is 0 Å². The Morgan fingerprint density at radius 1 is 1.03 bits per heavy atom. The summed E-state index contributed by atoms with van der Waals surface area (Å²) in [5.41, 5.74) is 5.38. The Kier molecular flexibility index (Phi) is 12.6. The van der Waals surface area contributed by atoms with Gasteiger partial charge in [-0.15, -0.1) is 0 Å². The summed E-state index contributed by atoms with van der Waals surface area (Å²) in [6, 6.07) is 10.5. The molecule has 1 aromatic carbocycles. The smallest absolute Gasteiger partial charge is 0.200 e. The molecule has 0 radical (unpaired) electrons. The van der Waals surface area contributed by atoms with Gasteiger partial charge in [-0.3, -0.25) is 0 Å². The van der Waals surface area contributed by atoms with Crippen LogP contribution in [0.1, 0.15) is 46.6 Å². The molecular formula is C28H41NO2Zn-2. The molecule has 1 aliphatic heterocycles. The van der Waals surface area contributed by atoms with E-state index in [0.29, 0.717) is 5.76 Å². The van der Waals surface area contributed by atoms with Gasteiger partial charge in [-0.25, -0.2) is 4.58 Å². The van der Waals surface area contributed by atoms with Crippen molar-refractivity contribution in [3.05, 3.63) is 91.3 Å². The summed E-state index contributed by atoms with van der Waals surface area (Å²) in [5.74, 6) is 1.75. The standard InChI is InChI=1S/C26H34NO2.2CH3.Zn/c1-6-26(19(2)3,18-22-10-8-7-9-11-22)25(28)24-20(4)16-23(17-21(24)5)27-12-14-29-15-13-27;;;/h7-11,16-17H,6,12-15,18H2,1-5H3;2*1H3;/q3*-1;/p+1. The van der Waals surface area contributed by atoms with Crippen molar-refractivity contribution in [1.82, 2.24) is 0 Å². The van der Waals surface area contributed by atoms with Gasteiger partial charge < -0.3 is 30.6 Å². The number of aliphatic hydroxyl groups excluding tert-OH is 1. The third-order valence-electron chi connectivity index (χ3n) is 6.49. The number of hydrogen-bond donors (Lipinski definition) is 1. The van der Waals surface area contributed by atoms with E-state index in [1.165, 1.54) is 17.2 Å². The van der Waals surface area contributed by atoms with Crippen LogP contribution in [0.15, 0.2) is 65.0 Å². The third kappa shape index (κ3) is 6.29. The van der Waals surface area contributed by atoms with E-state index in [0.717, 1.165) is 55.9 Å². The second-order valence-electron chi connectivity index (χ2n) is 8.50. The first-order valence-electron chi connectivity index (χ1n) is 10.7. The number of nitrogens with zero attached hydrogens (tertiary/aromatic N) is 1. The van der Waals surface area contributed by atoms with E-state index in [4.69, 9.17) is 4.74 Å². The average Bonchev–Trinajstić information content (AvgIpc) is 2.72. The van der Waals surface area contributed by atoms with Crippen molar-refractivity contribution < 1.29 is 33.9 Å². The number of morpholine rings is 1. The van der Waals surface area contributed by atoms with Gasteiger partial charge in [0.15, 0.2) is 13.1 Å². The van der Waals surface area contributed by atoms with Crippen LogP contribution in [0.2, 0.25) is 0 Å². The van der Waals surface area contributed by atoms with E-state index in [2.05, 4.69) is 75.6 Å². The number of ether oxygens (including phenoxy) is 1. The van der Waals surface area contributed by atoms with Crippen LogP contribution < -0.4 is 0 Å². The minimum Gasteiger partial charge on any atom is -0.514 e. The van der Waals surface area contributed by atoms with Crippen LogP contribution in [0, 0.1) is 26.2 Å². The van der Waals surface area contributed by atoms with E-state index < -0.39 is 0 Å². The Labute approximate surface area is 209 Å². The molecule has 0 aromatic heterocycles. The minimum absolute atomic E-state index is 0. The zero-order chi connectivity index (χ0) is 21.0. The summed E-state index contributed by atoms with van der Waals surface area (Å²) in [6.45, 7) is 14.1. The van der Waals surface area contributed by atoms with Gasteiger partial charge in [-0.1, -0.05) is 49.1 Å². The maximum atomic E-state index is 11.7. The van der Waals surface area contributed by atoms with E-state index in [-0.39, 0.29) is 39.7 Å². The number of hydrogen-bond acceptors (Lipinski definition) is 2. The predicted octanol–water partition coefficient (Wildman–Crippen LogP) is 6.34. The molecule has 1 heterocycles. The van der Waals surface area contributed by atoms with Crippen LogP contribution in [0.25, 0.3) is 0 Å². The molecule has 32 heavy (non-hydrogen) atoms. The number of allylic oxidation sites excluding steroid dienone is 6. The third-order valence-corrected chi connectivity index (χ3v) is 6.49. The first kappa shape index (κ1) is 30.5. The molecule has 0 bridgehead atoms. The quantitative estimate of drug-likeness (QED) is 0.227. The van der Waals surface area contributed by atoms with Gasteiger partial charge in [0.2, 0.25) is 5.71 Å². The van der Waals surface area contributed by atoms with Crippen molar-refractivity contribution in [1.29, 1.82) is 0 Å². The van der Waals surface area contributed by atoms with Gasteiger partial charge in [0.05, 0.1) is 5.76 Å². The zero-order valence-corrected chi connectivity index (χ0v) is 24.3. The van der Waals surface area contributed by atoms with Crippen LogP contribution in [-0.4, -0.2) is 41.7 Å². The summed E-state index contributed by atoms with van der Waals surface area (Å²) < 4.78 is 7.87. The second-order valence-corrected chi connectivity index (χ2v) is 8.50. The van der Waals surface area contributed by atoms with E-state index >= 15 is 0 Å². The first-order valence-corrected chi connectivity index (χ1v) is 10.7. The van der Waals surface area contributed by atoms with Crippen molar-refractivity contribution in [3.63, 3.8) is 0 Å². The zero-order valence-electron chi connectivity index (χ0n) is 21.3. The predicted molar refractivity (Wildman–Crippen MR) is 133 cm³/mol. The maximum Gasteiger partial charge on any atom is 0.200 e. The van der Waals surface area contributed by atoms with E-state index in [1.54, 1.807) is 0 Å². The van der Waals surface area contributed by atoms with Gasteiger partial charge in [-0.2, -0.15) is 13.8 Å². The molecule has 1 aromatic rings. The van der Waals surface area contributed by atoms with E-state index in [1.807, 2.05) is 6.07 Å². The Balaban J connectivity index is 0.00000320. The monoisotopic (exact) mass is 487 g/mol. The maximum absolute atomic E-state index is 11.7. The molecule has 1 fully saturated rings. The van der Waals surface area contributed by atoms with Gasteiger partial charge in [0, 0.05) is 37.2 Å². The summed E-state index contributed by atoms with van der Waals surface area (Å²) in [6.07, 6.45) is 6.11. The van der Waals surface area contributed by atoms with Gasteiger partial charge in [0.1, 0.15) is 13.2 Å². The molecule has 1 N–H and O–H groups in total. The molecule has 0 saturated carbocycles. The molecule has 4 heteroatoms. The molecule has 3 nitrogen and oxygen atoms in total. The summed E-state index contributed by atoms with van der Waals surface area (Å²) in [5, 5.41) is 11.7. The Morgan fingerprint density at radius 3 is 2.03 bits per heavy atom.